The highest BCUT2D eigenvalue weighted by Gasteiger charge is 2.22. The van der Waals surface area contributed by atoms with E-state index >= 15 is 0 Å². The number of imidazole rings is 1. The number of aromatic amines is 1. The van der Waals surface area contributed by atoms with Crippen LogP contribution in [0, 0.1) is 11.6 Å². The van der Waals surface area contributed by atoms with Gasteiger partial charge in [-0.3, -0.25) is 9.36 Å². The Morgan fingerprint density at radius 3 is 2.58 bits per heavy atom. The monoisotopic (exact) mass is 417 g/mol. The standard InChI is InChI=1S/C24H17F2N3O2/c25-18-10-4-9-17(22(18)26)21-14-29-23(19(27-21)12-15-6-2-1-3-7-15)28-20(24(29)30)13-16-8-5-11-31-16/h1-11,14,27H,12-13H2. The Hall–Kier alpha value is -4.00. The third-order valence-electron chi connectivity index (χ3n) is 5.14. The molecule has 0 saturated carbocycles. The van der Waals surface area contributed by atoms with Gasteiger partial charge in [0.15, 0.2) is 17.5 Å². The molecule has 154 valence electrons. The number of halogens is 2. The van der Waals surface area contributed by atoms with Gasteiger partial charge < -0.3 is 9.40 Å². The van der Waals surface area contributed by atoms with Crippen LogP contribution in [0.25, 0.3) is 17.1 Å². The predicted octanol–water partition coefficient (Wildman–Crippen LogP) is 4.72. The number of H-pyrrole nitrogens is 1. The van der Waals surface area contributed by atoms with Crippen molar-refractivity contribution < 1.29 is 13.2 Å². The summed E-state index contributed by atoms with van der Waals surface area (Å²) in [5.74, 6) is -0.879. The minimum atomic E-state index is -0.980. The fourth-order valence-corrected chi connectivity index (χ4v) is 3.64. The second-order valence-electron chi connectivity index (χ2n) is 7.22. The fourth-order valence-electron chi connectivity index (χ4n) is 3.64. The lowest BCUT2D eigenvalue weighted by atomic mass is 10.1. The lowest BCUT2D eigenvalue weighted by molar-refractivity contribution is 0.511. The number of hydrogen-bond donors (Lipinski definition) is 1. The van der Waals surface area contributed by atoms with Crippen LogP contribution in [0.4, 0.5) is 8.78 Å². The molecule has 31 heavy (non-hydrogen) atoms. The molecule has 0 atom stereocenters. The molecular weight excluding hydrogens is 400 g/mol. The summed E-state index contributed by atoms with van der Waals surface area (Å²) in [5.41, 5.74) is 1.92. The van der Waals surface area contributed by atoms with Crippen molar-refractivity contribution in [1.82, 2.24) is 14.5 Å². The molecule has 0 spiro atoms. The molecule has 0 fully saturated rings. The molecule has 7 heteroatoms. The van der Waals surface area contributed by atoms with Gasteiger partial charge >= 0.3 is 0 Å². The van der Waals surface area contributed by atoms with Crippen LogP contribution in [-0.4, -0.2) is 14.5 Å². The van der Waals surface area contributed by atoms with Gasteiger partial charge in [0.2, 0.25) is 0 Å². The van der Waals surface area contributed by atoms with Crippen LogP contribution in [0.3, 0.4) is 0 Å². The highest BCUT2D eigenvalue weighted by atomic mass is 19.2. The maximum Gasteiger partial charge on any atom is 0.278 e. The third-order valence-corrected chi connectivity index (χ3v) is 5.14. The van der Waals surface area contributed by atoms with Gasteiger partial charge in [-0.2, -0.15) is 0 Å². The van der Waals surface area contributed by atoms with Crippen LogP contribution < -0.4 is 5.56 Å². The smallest absolute Gasteiger partial charge is 0.278 e. The van der Waals surface area contributed by atoms with E-state index in [4.69, 9.17) is 4.42 Å². The van der Waals surface area contributed by atoms with E-state index in [1.54, 1.807) is 12.1 Å². The highest BCUT2D eigenvalue weighted by molar-refractivity contribution is 5.61. The van der Waals surface area contributed by atoms with E-state index in [2.05, 4.69) is 9.97 Å². The predicted molar refractivity (Wildman–Crippen MR) is 111 cm³/mol. The van der Waals surface area contributed by atoms with Crippen molar-refractivity contribution in [2.75, 3.05) is 0 Å². The molecule has 0 radical (unpaired) electrons. The number of benzene rings is 2. The summed E-state index contributed by atoms with van der Waals surface area (Å²) < 4.78 is 35.1. The first-order valence-corrected chi connectivity index (χ1v) is 9.74. The van der Waals surface area contributed by atoms with Crippen molar-refractivity contribution >= 4 is 0 Å². The summed E-state index contributed by atoms with van der Waals surface area (Å²) in [5, 5.41) is 0. The second-order valence-corrected chi connectivity index (χ2v) is 7.22. The summed E-state index contributed by atoms with van der Waals surface area (Å²) in [6, 6.07) is 17.1. The summed E-state index contributed by atoms with van der Waals surface area (Å²) in [6.07, 6.45) is 3.67. The minimum absolute atomic E-state index is 0.0388. The molecular formula is C24H17F2N3O2. The Morgan fingerprint density at radius 1 is 0.968 bits per heavy atom. The van der Waals surface area contributed by atoms with Gasteiger partial charge in [0, 0.05) is 18.2 Å². The summed E-state index contributed by atoms with van der Waals surface area (Å²) in [6.45, 7) is 0. The zero-order valence-corrected chi connectivity index (χ0v) is 16.3. The Bertz CT molecular complexity index is 1370. The van der Waals surface area contributed by atoms with E-state index in [1.807, 2.05) is 30.3 Å². The van der Waals surface area contributed by atoms with Gasteiger partial charge in [0.05, 0.1) is 24.1 Å². The molecule has 2 aliphatic rings. The number of furan rings is 1. The first-order chi connectivity index (χ1) is 15.1. The van der Waals surface area contributed by atoms with Gasteiger partial charge in [0.1, 0.15) is 11.5 Å². The van der Waals surface area contributed by atoms with E-state index < -0.39 is 11.6 Å². The van der Waals surface area contributed by atoms with Crippen molar-refractivity contribution in [3.8, 4) is 17.1 Å². The highest BCUT2D eigenvalue weighted by Crippen LogP contribution is 2.26. The van der Waals surface area contributed by atoms with E-state index in [9.17, 15) is 13.6 Å². The number of rotatable bonds is 5. The van der Waals surface area contributed by atoms with Crippen LogP contribution >= 0.6 is 0 Å². The molecule has 0 bridgehead atoms. The van der Waals surface area contributed by atoms with Crippen molar-refractivity contribution in [1.29, 1.82) is 0 Å². The van der Waals surface area contributed by atoms with E-state index in [0.29, 0.717) is 29.4 Å². The van der Waals surface area contributed by atoms with Crippen molar-refractivity contribution in [3.63, 3.8) is 0 Å². The lowest BCUT2D eigenvalue weighted by Gasteiger charge is -2.14. The normalized spacial score (nSPS) is 11.3. The number of fused-ring (bicyclic) bond motifs is 1. The Kier molecular flexibility index (Phi) is 4.71. The van der Waals surface area contributed by atoms with Crippen LogP contribution in [-0.2, 0) is 12.8 Å². The average Bonchev–Trinajstić information content (AvgIpc) is 3.40. The molecule has 3 aromatic rings. The Balaban J connectivity index is 1.69. The third kappa shape index (κ3) is 3.54. The minimum Gasteiger partial charge on any atom is -0.469 e. The summed E-state index contributed by atoms with van der Waals surface area (Å²) >= 11 is 0. The molecule has 1 N–H and O–H groups in total. The zero-order chi connectivity index (χ0) is 21.4. The largest absolute Gasteiger partial charge is 0.469 e. The van der Waals surface area contributed by atoms with Crippen LogP contribution in [0.5, 0.6) is 0 Å². The topological polar surface area (TPSA) is 63.8 Å². The van der Waals surface area contributed by atoms with Crippen molar-refractivity contribution in [2.45, 2.75) is 12.8 Å². The molecule has 1 aromatic heterocycles. The molecule has 0 unspecified atom stereocenters. The van der Waals surface area contributed by atoms with Gasteiger partial charge in [-0.15, -0.1) is 0 Å². The molecule has 2 aromatic carbocycles. The Labute approximate surface area is 176 Å². The molecule has 2 aliphatic heterocycles. The number of hydrogen-bond acceptors (Lipinski definition) is 3. The van der Waals surface area contributed by atoms with Crippen LogP contribution in [0.2, 0.25) is 0 Å². The maximum absolute atomic E-state index is 14.5. The lowest BCUT2D eigenvalue weighted by Crippen LogP contribution is -2.18. The second kappa shape index (κ2) is 7.68. The fraction of sp³-hybridized carbons (Fsp3) is 0.0833. The first kappa shape index (κ1) is 19.0. The average molecular weight is 417 g/mol. The summed E-state index contributed by atoms with van der Waals surface area (Å²) in [4.78, 5) is 20.8. The van der Waals surface area contributed by atoms with Gasteiger partial charge in [-0.05, 0) is 29.8 Å². The number of aromatic nitrogens is 3. The molecule has 0 amide bonds. The molecule has 5 rings (SSSR count). The van der Waals surface area contributed by atoms with Gasteiger partial charge in [-0.25, -0.2) is 13.8 Å². The van der Waals surface area contributed by atoms with Crippen LogP contribution in [0.15, 0.2) is 82.3 Å². The summed E-state index contributed by atoms with van der Waals surface area (Å²) in [7, 11) is 0. The SMILES string of the molecule is O=c1c(Cc2ccco2)nc2c(Cc3ccccc3)[nH]c(-c3cccc(F)c3F)cn1-2. The van der Waals surface area contributed by atoms with Gasteiger partial charge in [0.25, 0.3) is 5.56 Å². The molecule has 0 aliphatic carbocycles. The number of nitrogens with zero attached hydrogens (tertiary/aromatic N) is 2. The number of nitrogens with one attached hydrogen (secondary N) is 1. The quantitative estimate of drug-likeness (QED) is 0.450. The van der Waals surface area contributed by atoms with E-state index in [0.717, 1.165) is 11.6 Å². The van der Waals surface area contributed by atoms with E-state index in [1.165, 1.54) is 29.2 Å². The molecule has 5 nitrogen and oxygen atoms in total. The molecule has 0 saturated heterocycles. The van der Waals surface area contributed by atoms with Crippen LogP contribution in [0.1, 0.15) is 22.7 Å². The first-order valence-electron chi connectivity index (χ1n) is 9.74. The van der Waals surface area contributed by atoms with Gasteiger partial charge in [-0.1, -0.05) is 36.4 Å². The van der Waals surface area contributed by atoms with E-state index in [-0.39, 0.29) is 23.2 Å². The zero-order valence-electron chi connectivity index (χ0n) is 16.3. The maximum atomic E-state index is 14.5. The molecule has 3 heterocycles. The van der Waals surface area contributed by atoms with Crippen molar-refractivity contribution in [3.05, 3.63) is 118 Å². The Morgan fingerprint density at radius 2 is 1.81 bits per heavy atom. The van der Waals surface area contributed by atoms with Crippen molar-refractivity contribution in [2.24, 2.45) is 0 Å².